The van der Waals surface area contributed by atoms with E-state index in [1.165, 1.54) is 17.0 Å². The Bertz CT molecular complexity index is 449. The SMILES string of the molecule is CN(C(=O)C1(C)COCC1N)c1ccc(F)cc1. The number of benzene rings is 1. The van der Waals surface area contributed by atoms with Gasteiger partial charge in [-0.3, -0.25) is 4.79 Å². The van der Waals surface area contributed by atoms with E-state index in [9.17, 15) is 9.18 Å². The second-order valence-corrected chi connectivity index (χ2v) is 4.88. The van der Waals surface area contributed by atoms with Crippen molar-refractivity contribution in [2.24, 2.45) is 11.1 Å². The maximum absolute atomic E-state index is 12.8. The Balaban J connectivity index is 2.21. The van der Waals surface area contributed by atoms with Crippen LogP contribution >= 0.6 is 0 Å². The summed E-state index contributed by atoms with van der Waals surface area (Å²) in [5, 5.41) is 0. The number of anilines is 1. The molecular weight excluding hydrogens is 235 g/mol. The van der Waals surface area contributed by atoms with Crippen molar-refractivity contribution in [3.8, 4) is 0 Å². The Morgan fingerprint density at radius 1 is 1.50 bits per heavy atom. The Morgan fingerprint density at radius 2 is 2.11 bits per heavy atom. The molecule has 5 heteroatoms. The molecule has 0 bridgehead atoms. The highest BCUT2D eigenvalue weighted by Gasteiger charge is 2.45. The molecule has 1 aliphatic rings. The van der Waals surface area contributed by atoms with Crippen LogP contribution in [0.5, 0.6) is 0 Å². The van der Waals surface area contributed by atoms with Gasteiger partial charge in [0.15, 0.2) is 0 Å². The molecule has 2 unspecified atom stereocenters. The van der Waals surface area contributed by atoms with Crippen LogP contribution in [0.15, 0.2) is 24.3 Å². The quantitative estimate of drug-likeness (QED) is 0.859. The van der Waals surface area contributed by atoms with Gasteiger partial charge in [0.2, 0.25) is 5.91 Å². The minimum Gasteiger partial charge on any atom is -0.379 e. The number of nitrogens with zero attached hydrogens (tertiary/aromatic N) is 1. The Morgan fingerprint density at radius 3 is 2.61 bits per heavy atom. The highest BCUT2D eigenvalue weighted by atomic mass is 19.1. The van der Waals surface area contributed by atoms with Gasteiger partial charge < -0.3 is 15.4 Å². The summed E-state index contributed by atoms with van der Waals surface area (Å²) in [5.74, 6) is -0.439. The van der Waals surface area contributed by atoms with Crippen LogP contribution in [0.4, 0.5) is 10.1 Å². The van der Waals surface area contributed by atoms with Crippen LogP contribution in [0.3, 0.4) is 0 Å². The summed E-state index contributed by atoms with van der Waals surface area (Å²) in [5.41, 5.74) is 5.84. The summed E-state index contributed by atoms with van der Waals surface area (Å²) >= 11 is 0. The number of rotatable bonds is 2. The lowest BCUT2D eigenvalue weighted by molar-refractivity contribution is -0.127. The summed E-state index contributed by atoms with van der Waals surface area (Å²) in [4.78, 5) is 13.9. The molecule has 0 saturated carbocycles. The van der Waals surface area contributed by atoms with Gasteiger partial charge in [0.25, 0.3) is 0 Å². The van der Waals surface area contributed by atoms with Crippen LogP contribution in [0, 0.1) is 11.2 Å². The number of ether oxygens (including phenoxy) is 1. The van der Waals surface area contributed by atoms with E-state index in [1.54, 1.807) is 26.1 Å². The number of carbonyl (C=O) groups excluding carboxylic acids is 1. The molecule has 18 heavy (non-hydrogen) atoms. The molecule has 1 fully saturated rings. The van der Waals surface area contributed by atoms with E-state index in [2.05, 4.69) is 0 Å². The van der Waals surface area contributed by atoms with E-state index in [0.29, 0.717) is 18.9 Å². The fraction of sp³-hybridized carbons (Fsp3) is 0.462. The number of hydrogen-bond acceptors (Lipinski definition) is 3. The molecule has 98 valence electrons. The minimum atomic E-state index is -0.719. The Kier molecular flexibility index (Phi) is 3.36. The van der Waals surface area contributed by atoms with E-state index in [4.69, 9.17) is 10.5 Å². The first-order chi connectivity index (χ1) is 8.45. The monoisotopic (exact) mass is 252 g/mol. The van der Waals surface area contributed by atoms with Crippen LogP contribution < -0.4 is 10.6 Å². The summed E-state index contributed by atoms with van der Waals surface area (Å²) in [6.45, 7) is 2.51. The van der Waals surface area contributed by atoms with E-state index in [-0.39, 0.29) is 17.8 Å². The van der Waals surface area contributed by atoms with Crippen molar-refractivity contribution in [3.05, 3.63) is 30.1 Å². The van der Waals surface area contributed by atoms with Crippen LogP contribution in [0.25, 0.3) is 0 Å². The van der Waals surface area contributed by atoms with Gasteiger partial charge in [-0.05, 0) is 31.2 Å². The highest BCUT2D eigenvalue weighted by molar-refractivity contribution is 5.97. The number of amides is 1. The van der Waals surface area contributed by atoms with Crippen molar-refractivity contribution in [2.45, 2.75) is 13.0 Å². The maximum atomic E-state index is 12.8. The Labute approximate surface area is 106 Å². The van der Waals surface area contributed by atoms with Crippen LogP contribution in [-0.4, -0.2) is 32.2 Å². The summed E-state index contributed by atoms with van der Waals surface area (Å²) in [7, 11) is 1.66. The molecule has 1 aliphatic heterocycles. The zero-order valence-corrected chi connectivity index (χ0v) is 10.5. The molecule has 1 aromatic rings. The molecule has 0 spiro atoms. The Hall–Kier alpha value is -1.46. The normalized spacial score (nSPS) is 27.2. The van der Waals surface area contributed by atoms with Gasteiger partial charge in [-0.2, -0.15) is 0 Å². The highest BCUT2D eigenvalue weighted by Crippen LogP contribution is 2.30. The third-order valence-corrected chi connectivity index (χ3v) is 3.52. The van der Waals surface area contributed by atoms with E-state index < -0.39 is 5.41 Å². The standard InChI is InChI=1S/C13H17FN2O2/c1-13(8-18-7-11(13)15)12(17)16(2)10-5-3-9(14)4-6-10/h3-6,11H,7-8,15H2,1-2H3. The van der Waals surface area contributed by atoms with E-state index in [1.807, 2.05) is 0 Å². The average molecular weight is 252 g/mol. The number of carbonyl (C=O) groups is 1. The van der Waals surface area contributed by atoms with Crippen LogP contribution in [0.2, 0.25) is 0 Å². The molecular formula is C13H17FN2O2. The first-order valence-corrected chi connectivity index (χ1v) is 5.82. The minimum absolute atomic E-state index is 0.112. The number of halogens is 1. The smallest absolute Gasteiger partial charge is 0.236 e. The maximum Gasteiger partial charge on any atom is 0.236 e. The first kappa shape index (κ1) is 13.0. The van der Waals surface area contributed by atoms with Crippen molar-refractivity contribution >= 4 is 11.6 Å². The number of hydrogen-bond donors (Lipinski definition) is 1. The molecule has 4 nitrogen and oxygen atoms in total. The average Bonchev–Trinajstić information content (AvgIpc) is 2.70. The van der Waals surface area contributed by atoms with Gasteiger partial charge in [-0.25, -0.2) is 4.39 Å². The molecule has 1 amide bonds. The van der Waals surface area contributed by atoms with Gasteiger partial charge in [0.1, 0.15) is 5.82 Å². The largest absolute Gasteiger partial charge is 0.379 e. The summed E-state index contributed by atoms with van der Waals surface area (Å²) in [6, 6.07) is 5.47. The molecule has 1 heterocycles. The van der Waals surface area contributed by atoms with Gasteiger partial charge in [0.05, 0.1) is 18.6 Å². The van der Waals surface area contributed by atoms with E-state index >= 15 is 0 Å². The van der Waals surface area contributed by atoms with Crippen molar-refractivity contribution in [3.63, 3.8) is 0 Å². The predicted octanol–water partition coefficient (Wildman–Crippen LogP) is 1.15. The third-order valence-electron chi connectivity index (χ3n) is 3.52. The van der Waals surface area contributed by atoms with Gasteiger partial charge in [-0.1, -0.05) is 0 Å². The van der Waals surface area contributed by atoms with Crippen LogP contribution in [0.1, 0.15) is 6.92 Å². The van der Waals surface area contributed by atoms with Gasteiger partial charge >= 0.3 is 0 Å². The summed E-state index contributed by atoms with van der Waals surface area (Å²) in [6.07, 6.45) is 0. The lowest BCUT2D eigenvalue weighted by atomic mass is 9.84. The molecule has 2 atom stereocenters. The fourth-order valence-corrected chi connectivity index (χ4v) is 2.07. The fourth-order valence-electron chi connectivity index (χ4n) is 2.07. The second kappa shape index (κ2) is 4.66. The first-order valence-electron chi connectivity index (χ1n) is 5.82. The van der Waals surface area contributed by atoms with E-state index in [0.717, 1.165) is 0 Å². The molecule has 0 radical (unpaired) electrons. The molecule has 1 aromatic carbocycles. The van der Waals surface area contributed by atoms with Crippen molar-refractivity contribution in [2.75, 3.05) is 25.2 Å². The third kappa shape index (κ3) is 2.11. The number of nitrogens with two attached hydrogens (primary N) is 1. The molecule has 2 N–H and O–H groups in total. The van der Waals surface area contributed by atoms with Crippen molar-refractivity contribution < 1.29 is 13.9 Å². The van der Waals surface area contributed by atoms with Gasteiger partial charge in [0, 0.05) is 18.8 Å². The second-order valence-electron chi connectivity index (χ2n) is 4.88. The summed E-state index contributed by atoms with van der Waals surface area (Å²) < 4.78 is 18.1. The zero-order valence-electron chi connectivity index (χ0n) is 10.5. The molecule has 0 aliphatic carbocycles. The molecule has 0 aromatic heterocycles. The topological polar surface area (TPSA) is 55.6 Å². The predicted molar refractivity (Wildman–Crippen MR) is 66.7 cm³/mol. The molecule has 2 rings (SSSR count). The van der Waals surface area contributed by atoms with Crippen molar-refractivity contribution in [1.82, 2.24) is 0 Å². The van der Waals surface area contributed by atoms with Gasteiger partial charge in [-0.15, -0.1) is 0 Å². The van der Waals surface area contributed by atoms with Crippen LogP contribution in [-0.2, 0) is 9.53 Å². The lowest BCUT2D eigenvalue weighted by Gasteiger charge is -2.30. The van der Waals surface area contributed by atoms with Crippen molar-refractivity contribution in [1.29, 1.82) is 0 Å². The molecule has 1 saturated heterocycles. The zero-order chi connectivity index (χ0) is 13.3. The lowest BCUT2D eigenvalue weighted by Crippen LogP contribution is -2.50.